The Balaban J connectivity index is 1.93. The number of hydrogen-bond donors (Lipinski definition) is 0. The van der Waals surface area contributed by atoms with E-state index in [0.29, 0.717) is 5.88 Å². The van der Waals surface area contributed by atoms with Gasteiger partial charge in [0.05, 0.1) is 0 Å². The molecule has 4 rings (SSSR count). The van der Waals surface area contributed by atoms with Crippen LogP contribution in [0.5, 0.6) is 0 Å². The molecule has 0 fully saturated rings. The Morgan fingerprint density at radius 2 is 1.54 bits per heavy atom. The maximum Gasteiger partial charge on any atom is 0.331 e. The highest BCUT2D eigenvalue weighted by Crippen LogP contribution is 2.42. The van der Waals surface area contributed by atoms with E-state index in [9.17, 15) is 4.79 Å². The summed E-state index contributed by atoms with van der Waals surface area (Å²) in [5.41, 5.74) is 0.811. The Morgan fingerprint density at radius 1 is 0.962 bits per heavy atom. The van der Waals surface area contributed by atoms with E-state index in [1.54, 1.807) is 6.20 Å². The topological polar surface area (TPSA) is 44.1 Å². The molecule has 1 aliphatic rings. The van der Waals surface area contributed by atoms with Gasteiger partial charge in [-0.05, 0) is 11.1 Å². The first-order valence-corrected chi connectivity index (χ1v) is 8.73. The monoisotopic (exact) mass is 344 g/mol. The number of rotatable bonds is 4. The number of carbonyl (C=O) groups excluding carboxylic acids is 1. The third-order valence-corrected chi connectivity index (χ3v) is 4.74. The fraction of sp³-hybridized carbons (Fsp3) is 0.182. The second-order valence-corrected chi connectivity index (χ2v) is 6.72. The van der Waals surface area contributed by atoms with Crippen molar-refractivity contribution in [3.05, 3.63) is 96.1 Å². The maximum atomic E-state index is 13.2. The average Bonchev–Trinajstić information content (AvgIpc) is 3.28. The minimum Gasteiger partial charge on any atom is -0.408 e. The lowest BCUT2D eigenvalue weighted by Gasteiger charge is -2.24. The number of nitrogens with zero attached hydrogens (tertiary/aromatic N) is 2. The van der Waals surface area contributed by atoms with Gasteiger partial charge in [-0.15, -0.1) is 0 Å². The fourth-order valence-electron chi connectivity index (χ4n) is 3.47. The van der Waals surface area contributed by atoms with Gasteiger partial charge in [0.1, 0.15) is 11.2 Å². The molecule has 0 saturated heterocycles. The number of esters is 1. The van der Waals surface area contributed by atoms with Crippen LogP contribution in [0.3, 0.4) is 0 Å². The molecule has 3 aromatic rings. The molecule has 0 radical (unpaired) electrons. The molecule has 4 nitrogen and oxygen atoms in total. The summed E-state index contributed by atoms with van der Waals surface area (Å²) in [6.45, 7) is 4.13. The molecule has 0 N–H and O–H groups in total. The molecule has 0 amide bonds. The average molecular weight is 344 g/mol. The van der Waals surface area contributed by atoms with Crippen molar-refractivity contribution >= 4 is 11.9 Å². The summed E-state index contributed by atoms with van der Waals surface area (Å²) in [6, 6.07) is 19.5. The highest BCUT2D eigenvalue weighted by Gasteiger charge is 2.47. The van der Waals surface area contributed by atoms with Crippen molar-refractivity contribution in [3.63, 3.8) is 0 Å². The van der Waals surface area contributed by atoms with E-state index >= 15 is 0 Å². The summed E-state index contributed by atoms with van der Waals surface area (Å²) >= 11 is 0. The van der Waals surface area contributed by atoms with E-state index in [0.717, 1.165) is 17.0 Å². The van der Waals surface area contributed by atoms with Crippen molar-refractivity contribution in [2.75, 3.05) is 0 Å². The molecule has 0 aliphatic carbocycles. The molecule has 26 heavy (non-hydrogen) atoms. The largest absolute Gasteiger partial charge is 0.408 e. The summed E-state index contributed by atoms with van der Waals surface area (Å²) in [6.07, 6.45) is 5.48. The van der Waals surface area contributed by atoms with Crippen LogP contribution in [0, 0.1) is 0 Å². The number of carbonyl (C=O) groups is 1. The molecule has 0 bridgehead atoms. The van der Waals surface area contributed by atoms with Gasteiger partial charge in [0.15, 0.2) is 0 Å². The van der Waals surface area contributed by atoms with Gasteiger partial charge in [0.25, 0.3) is 0 Å². The van der Waals surface area contributed by atoms with E-state index in [1.165, 1.54) is 0 Å². The van der Waals surface area contributed by atoms with Gasteiger partial charge in [-0.25, -0.2) is 9.78 Å². The highest BCUT2D eigenvalue weighted by molar-refractivity contribution is 5.97. The van der Waals surface area contributed by atoms with Gasteiger partial charge >= 0.3 is 5.97 Å². The Hall–Kier alpha value is -3.14. The van der Waals surface area contributed by atoms with E-state index < -0.39 is 5.41 Å². The normalized spacial score (nSPS) is 15.8. The minimum atomic E-state index is -0.962. The first-order valence-electron chi connectivity index (χ1n) is 8.73. The van der Waals surface area contributed by atoms with Crippen molar-refractivity contribution in [2.45, 2.75) is 25.2 Å². The van der Waals surface area contributed by atoms with Gasteiger partial charge in [-0.3, -0.25) is 4.57 Å². The molecule has 130 valence electrons. The van der Waals surface area contributed by atoms with Crippen LogP contribution < -0.4 is 0 Å². The number of imidazole rings is 1. The van der Waals surface area contributed by atoms with E-state index in [-0.39, 0.29) is 11.9 Å². The van der Waals surface area contributed by atoms with Gasteiger partial charge in [-0.2, -0.15) is 0 Å². The van der Waals surface area contributed by atoms with E-state index in [4.69, 9.17) is 4.74 Å². The quantitative estimate of drug-likeness (QED) is 0.661. The number of hydrogen-bond acceptors (Lipinski definition) is 3. The van der Waals surface area contributed by atoms with Crippen LogP contribution in [-0.4, -0.2) is 15.5 Å². The number of cyclic esters (lactones) is 1. The Morgan fingerprint density at radius 3 is 2.08 bits per heavy atom. The Labute approximate surface area is 152 Å². The van der Waals surface area contributed by atoms with Crippen LogP contribution in [0.25, 0.3) is 5.88 Å². The third kappa shape index (κ3) is 2.46. The predicted octanol–water partition coefficient (Wildman–Crippen LogP) is 4.35. The zero-order valence-corrected chi connectivity index (χ0v) is 14.8. The predicted molar refractivity (Wildman–Crippen MR) is 100 cm³/mol. The zero-order chi connectivity index (χ0) is 18.1. The van der Waals surface area contributed by atoms with Crippen molar-refractivity contribution in [1.29, 1.82) is 0 Å². The summed E-state index contributed by atoms with van der Waals surface area (Å²) in [5, 5.41) is 0. The molecule has 0 unspecified atom stereocenters. The Kier molecular flexibility index (Phi) is 3.96. The lowest BCUT2D eigenvalue weighted by Crippen LogP contribution is -2.32. The Bertz CT molecular complexity index is 917. The highest BCUT2D eigenvalue weighted by atomic mass is 16.6. The maximum absolute atomic E-state index is 13.2. The summed E-state index contributed by atoms with van der Waals surface area (Å²) in [4.78, 5) is 17.6. The lowest BCUT2D eigenvalue weighted by molar-refractivity contribution is -0.138. The van der Waals surface area contributed by atoms with Gasteiger partial charge in [-0.1, -0.05) is 74.5 Å². The van der Waals surface area contributed by atoms with Crippen molar-refractivity contribution < 1.29 is 9.53 Å². The zero-order valence-electron chi connectivity index (χ0n) is 14.8. The van der Waals surface area contributed by atoms with E-state index in [2.05, 4.69) is 18.8 Å². The molecule has 0 atom stereocenters. The summed E-state index contributed by atoms with van der Waals surface area (Å²) < 4.78 is 7.62. The molecule has 4 heteroatoms. The number of benzene rings is 2. The minimum absolute atomic E-state index is 0.216. The van der Waals surface area contributed by atoms with Gasteiger partial charge < -0.3 is 4.74 Å². The van der Waals surface area contributed by atoms with Crippen LogP contribution in [0.4, 0.5) is 0 Å². The fourth-order valence-corrected chi connectivity index (χ4v) is 3.47. The van der Waals surface area contributed by atoms with Crippen molar-refractivity contribution in [3.8, 4) is 0 Å². The molecular formula is C22H20N2O2. The van der Waals surface area contributed by atoms with Crippen LogP contribution in [0.2, 0.25) is 0 Å². The first kappa shape index (κ1) is 16.3. The van der Waals surface area contributed by atoms with Crippen molar-refractivity contribution in [2.24, 2.45) is 0 Å². The SMILES string of the molecule is CC(C)c1nccn1C1=CC(c2ccccc2)(c2ccccc2)C(=O)O1. The first-order chi connectivity index (χ1) is 12.6. The van der Waals surface area contributed by atoms with Crippen LogP contribution in [0.1, 0.15) is 36.7 Å². The number of ether oxygens (including phenoxy) is 1. The molecule has 0 spiro atoms. The third-order valence-electron chi connectivity index (χ3n) is 4.74. The second kappa shape index (κ2) is 6.30. The molecule has 2 aromatic carbocycles. The summed E-state index contributed by atoms with van der Waals surface area (Å²) in [7, 11) is 0. The standard InChI is InChI=1S/C22H20N2O2/c1-16(2)20-23-13-14-24(20)19-15-22(21(25)26-19,17-9-5-3-6-10-17)18-11-7-4-8-12-18/h3-16H,1-2H3. The molecular weight excluding hydrogens is 324 g/mol. The molecule has 1 aromatic heterocycles. The molecule has 1 aliphatic heterocycles. The molecule has 0 saturated carbocycles. The molecule has 2 heterocycles. The van der Waals surface area contributed by atoms with Crippen LogP contribution >= 0.6 is 0 Å². The van der Waals surface area contributed by atoms with Crippen LogP contribution in [0.15, 0.2) is 79.1 Å². The lowest BCUT2D eigenvalue weighted by atomic mass is 9.75. The smallest absolute Gasteiger partial charge is 0.331 e. The van der Waals surface area contributed by atoms with Crippen molar-refractivity contribution in [1.82, 2.24) is 9.55 Å². The van der Waals surface area contributed by atoms with E-state index in [1.807, 2.05) is 77.5 Å². The number of aromatic nitrogens is 2. The van der Waals surface area contributed by atoms with Gasteiger partial charge in [0.2, 0.25) is 5.88 Å². The second-order valence-electron chi connectivity index (χ2n) is 6.72. The summed E-state index contributed by atoms with van der Waals surface area (Å²) in [5.74, 6) is 1.28. The van der Waals surface area contributed by atoms with Gasteiger partial charge in [0, 0.05) is 24.4 Å². The van der Waals surface area contributed by atoms with Crippen LogP contribution in [-0.2, 0) is 14.9 Å².